The van der Waals surface area contributed by atoms with E-state index in [9.17, 15) is 9.59 Å². The molecule has 0 atom stereocenters. The van der Waals surface area contributed by atoms with Gasteiger partial charge in [-0.1, -0.05) is 6.07 Å². The second-order valence-corrected chi connectivity index (χ2v) is 5.28. The number of nitrogens with zero attached hydrogens (tertiary/aromatic N) is 1. The molecule has 1 aromatic rings. The number of hydrogen-bond donors (Lipinski definition) is 2. The van der Waals surface area contributed by atoms with Crippen molar-refractivity contribution in [2.24, 2.45) is 0 Å². The highest BCUT2D eigenvalue weighted by molar-refractivity contribution is 5.85. The summed E-state index contributed by atoms with van der Waals surface area (Å²) in [4.78, 5) is 24.3. The zero-order valence-electron chi connectivity index (χ0n) is 11.9. The van der Waals surface area contributed by atoms with E-state index in [1.54, 1.807) is 0 Å². The van der Waals surface area contributed by atoms with Gasteiger partial charge in [0, 0.05) is 12.2 Å². The lowest BCUT2D eigenvalue weighted by Gasteiger charge is -2.32. The minimum Gasteiger partial charge on any atom is -0.480 e. The van der Waals surface area contributed by atoms with Crippen molar-refractivity contribution in [3.63, 3.8) is 0 Å². The van der Waals surface area contributed by atoms with E-state index in [0.29, 0.717) is 0 Å². The van der Waals surface area contributed by atoms with Gasteiger partial charge in [0.25, 0.3) is 0 Å². The van der Waals surface area contributed by atoms with E-state index in [1.165, 1.54) is 16.7 Å². The Kier molecular flexibility index (Phi) is 4.27. The molecule has 1 amide bonds. The van der Waals surface area contributed by atoms with Gasteiger partial charge < -0.3 is 15.3 Å². The Labute approximate surface area is 118 Å². The summed E-state index contributed by atoms with van der Waals surface area (Å²) in [5, 5.41) is 11.0. The van der Waals surface area contributed by atoms with Crippen LogP contribution in [0.2, 0.25) is 0 Å². The lowest BCUT2D eigenvalue weighted by atomic mass is 9.95. The fourth-order valence-corrected chi connectivity index (χ4v) is 2.72. The van der Waals surface area contributed by atoms with Crippen LogP contribution in [0.3, 0.4) is 0 Å². The Morgan fingerprint density at radius 3 is 2.80 bits per heavy atom. The summed E-state index contributed by atoms with van der Waals surface area (Å²) in [7, 11) is 0. The summed E-state index contributed by atoms with van der Waals surface area (Å²) in [6, 6.07) is 4.26. The van der Waals surface area contributed by atoms with Crippen LogP contribution in [0.25, 0.3) is 0 Å². The standard InChI is InChI=1S/C15H20N2O3/c1-10-6-11(2)12-4-3-5-17(13(12)7-10)9-14(18)16-8-15(19)20/h6-7H,3-5,8-9H2,1-2H3,(H,16,18)(H,19,20). The van der Waals surface area contributed by atoms with Crippen LogP contribution in [0.5, 0.6) is 0 Å². The van der Waals surface area contributed by atoms with Crippen molar-refractivity contribution in [3.05, 3.63) is 28.8 Å². The Morgan fingerprint density at radius 2 is 2.10 bits per heavy atom. The van der Waals surface area contributed by atoms with Crippen molar-refractivity contribution in [2.75, 3.05) is 24.5 Å². The molecule has 0 saturated carbocycles. The number of fused-ring (bicyclic) bond motifs is 1. The van der Waals surface area contributed by atoms with Gasteiger partial charge in [0.1, 0.15) is 6.54 Å². The number of amides is 1. The normalized spacial score (nSPS) is 13.8. The van der Waals surface area contributed by atoms with Crippen LogP contribution in [-0.2, 0) is 16.0 Å². The number of nitrogens with one attached hydrogen (secondary N) is 1. The van der Waals surface area contributed by atoms with Gasteiger partial charge in [-0.05, 0) is 49.4 Å². The predicted molar refractivity (Wildman–Crippen MR) is 77.1 cm³/mol. The molecule has 0 bridgehead atoms. The number of aryl methyl sites for hydroxylation is 2. The molecule has 0 unspecified atom stereocenters. The van der Waals surface area contributed by atoms with Gasteiger partial charge in [0.15, 0.2) is 0 Å². The van der Waals surface area contributed by atoms with Crippen LogP contribution in [0.1, 0.15) is 23.1 Å². The molecule has 2 N–H and O–H groups in total. The van der Waals surface area contributed by atoms with Gasteiger partial charge in [-0.2, -0.15) is 0 Å². The zero-order valence-corrected chi connectivity index (χ0v) is 11.9. The molecule has 0 spiro atoms. The number of hydrogen-bond acceptors (Lipinski definition) is 3. The average Bonchev–Trinajstić information content (AvgIpc) is 2.37. The molecule has 20 heavy (non-hydrogen) atoms. The second-order valence-electron chi connectivity index (χ2n) is 5.28. The lowest BCUT2D eigenvalue weighted by molar-refractivity contribution is -0.137. The summed E-state index contributed by atoms with van der Waals surface area (Å²) < 4.78 is 0. The predicted octanol–water partition coefficient (Wildman–Crippen LogP) is 1.26. The first kappa shape index (κ1) is 14.4. The maximum absolute atomic E-state index is 11.8. The molecule has 1 heterocycles. The Hall–Kier alpha value is -2.04. The van der Waals surface area contributed by atoms with Crippen LogP contribution in [0.4, 0.5) is 5.69 Å². The number of carbonyl (C=O) groups excluding carboxylic acids is 1. The molecular formula is C15H20N2O3. The largest absolute Gasteiger partial charge is 0.480 e. The summed E-state index contributed by atoms with van der Waals surface area (Å²) in [5.41, 5.74) is 4.85. The van der Waals surface area contributed by atoms with E-state index in [4.69, 9.17) is 5.11 Å². The first-order valence-electron chi connectivity index (χ1n) is 6.81. The Morgan fingerprint density at radius 1 is 1.35 bits per heavy atom. The number of benzene rings is 1. The molecule has 0 aromatic heterocycles. The summed E-state index contributed by atoms with van der Waals surface area (Å²) in [5.74, 6) is -1.27. The summed E-state index contributed by atoms with van der Waals surface area (Å²) in [6.07, 6.45) is 2.05. The van der Waals surface area contributed by atoms with Gasteiger partial charge in [-0.25, -0.2) is 0 Å². The molecule has 1 aliphatic heterocycles. The van der Waals surface area contributed by atoms with E-state index in [1.807, 2.05) is 11.8 Å². The van der Waals surface area contributed by atoms with Crippen molar-refractivity contribution >= 4 is 17.6 Å². The number of anilines is 1. The van der Waals surface area contributed by atoms with Crippen molar-refractivity contribution in [3.8, 4) is 0 Å². The Bertz CT molecular complexity index is 540. The summed E-state index contributed by atoms with van der Waals surface area (Å²) >= 11 is 0. The maximum atomic E-state index is 11.8. The third kappa shape index (κ3) is 3.29. The van der Waals surface area contributed by atoms with Crippen LogP contribution in [0.15, 0.2) is 12.1 Å². The molecule has 0 radical (unpaired) electrons. The maximum Gasteiger partial charge on any atom is 0.322 e. The lowest BCUT2D eigenvalue weighted by Crippen LogP contribution is -2.41. The molecule has 0 fully saturated rings. The van der Waals surface area contributed by atoms with Gasteiger partial charge in [-0.3, -0.25) is 9.59 Å². The molecular weight excluding hydrogens is 256 g/mol. The number of carbonyl (C=O) groups is 2. The van der Waals surface area contributed by atoms with Crippen LogP contribution in [0, 0.1) is 13.8 Å². The number of rotatable bonds is 4. The number of carboxylic acids is 1. The number of carboxylic acid groups (broad SMARTS) is 1. The molecule has 1 aromatic carbocycles. The van der Waals surface area contributed by atoms with Crippen LogP contribution < -0.4 is 10.2 Å². The molecule has 2 rings (SSSR count). The van der Waals surface area contributed by atoms with E-state index >= 15 is 0 Å². The van der Waals surface area contributed by atoms with Crippen molar-refractivity contribution < 1.29 is 14.7 Å². The van der Waals surface area contributed by atoms with Crippen molar-refractivity contribution in [1.82, 2.24) is 5.32 Å². The van der Waals surface area contributed by atoms with E-state index < -0.39 is 5.97 Å². The minimum atomic E-state index is -1.02. The SMILES string of the molecule is Cc1cc(C)c2c(c1)N(CC(=O)NCC(=O)O)CCC2. The fourth-order valence-electron chi connectivity index (χ4n) is 2.72. The quantitative estimate of drug-likeness (QED) is 0.868. The zero-order chi connectivity index (χ0) is 14.7. The van der Waals surface area contributed by atoms with E-state index in [0.717, 1.165) is 25.1 Å². The smallest absolute Gasteiger partial charge is 0.322 e. The van der Waals surface area contributed by atoms with Crippen LogP contribution in [-0.4, -0.2) is 36.6 Å². The van der Waals surface area contributed by atoms with Crippen LogP contribution >= 0.6 is 0 Å². The van der Waals surface area contributed by atoms with Gasteiger partial charge >= 0.3 is 5.97 Å². The second kappa shape index (κ2) is 5.94. The first-order valence-corrected chi connectivity index (χ1v) is 6.81. The molecule has 108 valence electrons. The Balaban J connectivity index is 2.12. The molecule has 5 nitrogen and oxygen atoms in total. The molecule has 0 saturated heterocycles. The average molecular weight is 276 g/mol. The summed E-state index contributed by atoms with van der Waals surface area (Å²) in [6.45, 7) is 4.86. The third-order valence-corrected chi connectivity index (χ3v) is 3.56. The van der Waals surface area contributed by atoms with Crippen molar-refractivity contribution in [1.29, 1.82) is 0 Å². The van der Waals surface area contributed by atoms with Gasteiger partial charge in [-0.15, -0.1) is 0 Å². The highest BCUT2D eigenvalue weighted by atomic mass is 16.4. The number of aliphatic carboxylic acids is 1. The van der Waals surface area contributed by atoms with Crippen molar-refractivity contribution in [2.45, 2.75) is 26.7 Å². The topological polar surface area (TPSA) is 69.6 Å². The minimum absolute atomic E-state index is 0.211. The van der Waals surface area contributed by atoms with Gasteiger partial charge in [0.05, 0.1) is 6.54 Å². The molecule has 1 aliphatic rings. The molecule has 5 heteroatoms. The first-order chi connectivity index (χ1) is 9.47. The van der Waals surface area contributed by atoms with E-state index in [2.05, 4.69) is 24.4 Å². The highest BCUT2D eigenvalue weighted by Gasteiger charge is 2.20. The molecule has 0 aliphatic carbocycles. The fraction of sp³-hybridized carbons (Fsp3) is 0.467. The highest BCUT2D eigenvalue weighted by Crippen LogP contribution is 2.30. The van der Waals surface area contributed by atoms with Gasteiger partial charge in [0.2, 0.25) is 5.91 Å². The third-order valence-electron chi connectivity index (χ3n) is 3.56. The monoisotopic (exact) mass is 276 g/mol. The van der Waals surface area contributed by atoms with E-state index in [-0.39, 0.29) is 19.0 Å².